The topological polar surface area (TPSA) is 78.6 Å². The number of carbonyl (C=O) groups excluding carboxylic acids is 1. The van der Waals surface area contributed by atoms with Crippen molar-refractivity contribution in [1.82, 2.24) is 4.90 Å². The molecular weight excluding hydrogens is 510 g/mol. The molecule has 1 fully saturated rings. The molecule has 1 aliphatic rings. The molecule has 0 radical (unpaired) electrons. The summed E-state index contributed by atoms with van der Waals surface area (Å²) in [6.07, 6.45) is 0. The highest BCUT2D eigenvalue weighted by Crippen LogP contribution is 2.32. The standard InChI is InChI=1S/C18H17F3IN3O2.ClH/c1-9(23)18(27)7-25(8-18)17(26)11-3-4-12(19)15(21)16(11)24-14-5-2-10(22)6-13(14)20;/h2-6,9,24,27H,7-8,23H2,1H3;1H. The number of β-amino-alcohol motifs (C(OH)–C–C–N with tert-alkyl or cyclic N) is 1. The Morgan fingerprint density at radius 1 is 1.25 bits per heavy atom. The van der Waals surface area contributed by atoms with E-state index in [1.807, 2.05) is 22.6 Å². The van der Waals surface area contributed by atoms with Gasteiger partial charge in [0.1, 0.15) is 11.4 Å². The Morgan fingerprint density at radius 2 is 1.89 bits per heavy atom. The van der Waals surface area contributed by atoms with Gasteiger partial charge in [0, 0.05) is 9.61 Å². The lowest BCUT2D eigenvalue weighted by Gasteiger charge is -2.48. The summed E-state index contributed by atoms with van der Waals surface area (Å²) in [4.78, 5) is 14.0. The minimum atomic E-state index is -1.29. The molecule has 0 aromatic heterocycles. The Labute approximate surface area is 179 Å². The van der Waals surface area contributed by atoms with Crippen molar-refractivity contribution in [2.75, 3.05) is 18.4 Å². The third-order valence-electron chi connectivity index (χ3n) is 4.58. The number of amides is 1. The number of carbonyl (C=O) groups is 1. The summed E-state index contributed by atoms with van der Waals surface area (Å²) in [5.41, 5.74) is 3.74. The van der Waals surface area contributed by atoms with Crippen molar-refractivity contribution in [2.45, 2.75) is 18.6 Å². The molecule has 1 saturated heterocycles. The maximum Gasteiger partial charge on any atom is 0.256 e. The third kappa shape index (κ3) is 4.22. The van der Waals surface area contributed by atoms with Crippen LogP contribution in [0.3, 0.4) is 0 Å². The number of nitrogens with two attached hydrogens (primary N) is 1. The van der Waals surface area contributed by atoms with E-state index in [2.05, 4.69) is 5.32 Å². The molecule has 1 atom stereocenters. The zero-order chi connectivity index (χ0) is 19.9. The number of halogens is 5. The van der Waals surface area contributed by atoms with E-state index in [1.165, 1.54) is 17.0 Å². The Hall–Kier alpha value is -1.56. The highest BCUT2D eigenvalue weighted by molar-refractivity contribution is 14.1. The molecule has 3 rings (SSSR count). The SMILES string of the molecule is CC(N)C1(O)CN(C(=O)c2ccc(F)c(F)c2Nc2ccc(I)cc2F)C1.Cl. The number of rotatable bonds is 4. The van der Waals surface area contributed by atoms with Gasteiger partial charge in [-0.25, -0.2) is 13.2 Å². The maximum atomic E-state index is 14.4. The van der Waals surface area contributed by atoms with E-state index in [-0.39, 0.29) is 36.7 Å². The Morgan fingerprint density at radius 3 is 2.46 bits per heavy atom. The molecule has 10 heteroatoms. The first kappa shape index (κ1) is 22.7. The van der Waals surface area contributed by atoms with Crippen LogP contribution in [0.15, 0.2) is 30.3 Å². The van der Waals surface area contributed by atoms with E-state index in [1.54, 1.807) is 13.0 Å². The van der Waals surface area contributed by atoms with Gasteiger partial charge in [-0.2, -0.15) is 0 Å². The molecule has 152 valence electrons. The monoisotopic (exact) mass is 527 g/mol. The van der Waals surface area contributed by atoms with E-state index >= 15 is 0 Å². The molecule has 0 saturated carbocycles. The van der Waals surface area contributed by atoms with Gasteiger partial charge in [-0.3, -0.25) is 4.79 Å². The zero-order valence-corrected chi connectivity index (χ0v) is 17.7. The number of nitrogens with zero attached hydrogens (tertiary/aromatic N) is 1. The van der Waals surface area contributed by atoms with Crippen LogP contribution in [0.4, 0.5) is 24.5 Å². The second-order valence-corrected chi connectivity index (χ2v) is 7.83. The molecule has 1 unspecified atom stereocenters. The van der Waals surface area contributed by atoms with Gasteiger partial charge in [0.15, 0.2) is 11.6 Å². The van der Waals surface area contributed by atoms with Gasteiger partial charge >= 0.3 is 0 Å². The van der Waals surface area contributed by atoms with Gasteiger partial charge in [-0.1, -0.05) is 0 Å². The molecule has 28 heavy (non-hydrogen) atoms. The van der Waals surface area contributed by atoms with Crippen LogP contribution in [0.5, 0.6) is 0 Å². The summed E-state index contributed by atoms with van der Waals surface area (Å²) in [6, 6.07) is 5.58. The van der Waals surface area contributed by atoms with Crippen LogP contribution in [0.25, 0.3) is 0 Å². The summed E-state index contributed by atoms with van der Waals surface area (Å²) in [5.74, 6) is -3.75. The number of benzene rings is 2. The molecule has 0 aliphatic carbocycles. The van der Waals surface area contributed by atoms with E-state index in [0.29, 0.717) is 3.57 Å². The largest absolute Gasteiger partial charge is 0.385 e. The molecule has 2 aromatic carbocycles. The van der Waals surface area contributed by atoms with Crippen LogP contribution in [-0.4, -0.2) is 40.6 Å². The average Bonchev–Trinajstić information content (AvgIpc) is 2.57. The lowest BCUT2D eigenvalue weighted by Crippen LogP contribution is -2.70. The zero-order valence-electron chi connectivity index (χ0n) is 14.7. The first-order valence-electron chi connectivity index (χ1n) is 8.09. The van der Waals surface area contributed by atoms with Gasteiger partial charge in [0.2, 0.25) is 0 Å². The fraction of sp³-hybridized carbons (Fsp3) is 0.278. The molecular formula is C18H18ClF3IN3O2. The minimum Gasteiger partial charge on any atom is -0.385 e. The smallest absolute Gasteiger partial charge is 0.256 e. The minimum absolute atomic E-state index is 0. The summed E-state index contributed by atoms with van der Waals surface area (Å²) in [7, 11) is 0. The highest BCUT2D eigenvalue weighted by Gasteiger charge is 2.47. The van der Waals surface area contributed by atoms with Crippen molar-refractivity contribution < 1.29 is 23.1 Å². The van der Waals surface area contributed by atoms with E-state index < -0.39 is 40.7 Å². The van der Waals surface area contributed by atoms with Crippen LogP contribution in [0.1, 0.15) is 17.3 Å². The molecule has 1 heterocycles. The van der Waals surface area contributed by atoms with Gasteiger partial charge in [0.25, 0.3) is 5.91 Å². The molecule has 0 spiro atoms. The number of hydrogen-bond donors (Lipinski definition) is 3. The van der Waals surface area contributed by atoms with Gasteiger partial charge in [0.05, 0.1) is 30.0 Å². The first-order valence-corrected chi connectivity index (χ1v) is 9.17. The van der Waals surface area contributed by atoms with Crippen molar-refractivity contribution in [1.29, 1.82) is 0 Å². The number of nitrogens with one attached hydrogen (secondary N) is 1. The van der Waals surface area contributed by atoms with E-state index in [0.717, 1.165) is 12.1 Å². The van der Waals surface area contributed by atoms with Gasteiger partial charge in [-0.15, -0.1) is 12.4 Å². The molecule has 4 N–H and O–H groups in total. The Bertz CT molecular complexity index is 908. The lowest BCUT2D eigenvalue weighted by molar-refractivity contribution is -0.0931. The van der Waals surface area contributed by atoms with Crippen LogP contribution < -0.4 is 11.1 Å². The van der Waals surface area contributed by atoms with Crippen molar-refractivity contribution in [2.24, 2.45) is 5.73 Å². The summed E-state index contributed by atoms with van der Waals surface area (Å²) < 4.78 is 42.8. The van der Waals surface area contributed by atoms with Gasteiger partial charge in [-0.05, 0) is 59.8 Å². The van der Waals surface area contributed by atoms with Crippen LogP contribution in [-0.2, 0) is 0 Å². The second-order valence-electron chi connectivity index (χ2n) is 6.59. The average molecular weight is 528 g/mol. The van der Waals surface area contributed by atoms with Crippen molar-refractivity contribution >= 4 is 52.3 Å². The lowest BCUT2D eigenvalue weighted by atomic mass is 9.87. The second kappa shape index (κ2) is 8.44. The predicted octanol–water partition coefficient (Wildman–Crippen LogP) is 3.41. The Balaban J connectivity index is 0.00000280. The predicted molar refractivity (Wildman–Crippen MR) is 111 cm³/mol. The fourth-order valence-electron chi connectivity index (χ4n) is 2.79. The van der Waals surface area contributed by atoms with Crippen LogP contribution in [0, 0.1) is 21.0 Å². The molecule has 0 bridgehead atoms. The molecule has 1 amide bonds. The number of aliphatic hydroxyl groups is 1. The molecule has 1 aliphatic heterocycles. The van der Waals surface area contributed by atoms with Crippen molar-refractivity contribution in [3.05, 3.63) is 56.9 Å². The number of hydrogen-bond acceptors (Lipinski definition) is 4. The highest BCUT2D eigenvalue weighted by atomic mass is 127. The van der Waals surface area contributed by atoms with Crippen LogP contribution >= 0.6 is 35.0 Å². The number of anilines is 2. The maximum absolute atomic E-state index is 14.4. The van der Waals surface area contributed by atoms with Gasteiger partial charge < -0.3 is 21.1 Å². The summed E-state index contributed by atoms with van der Waals surface area (Å²) in [6.45, 7) is 1.56. The summed E-state index contributed by atoms with van der Waals surface area (Å²) >= 11 is 1.92. The Kier molecular flexibility index (Phi) is 6.85. The third-order valence-corrected chi connectivity index (χ3v) is 5.25. The fourth-order valence-corrected chi connectivity index (χ4v) is 3.25. The van der Waals surface area contributed by atoms with Crippen molar-refractivity contribution in [3.8, 4) is 0 Å². The summed E-state index contributed by atoms with van der Waals surface area (Å²) in [5, 5.41) is 12.7. The molecule has 2 aromatic rings. The quantitative estimate of drug-likeness (QED) is 0.533. The first-order chi connectivity index (χ1) is 12.6. The number of likely N-dealkylation sites (tertiary alicyclic amines) is 1. The normalized spacial score (nSPS) is 16.0. The molecule has 5 nitrogen and oxygen atoms in total. The van der Waals surface area contributed by atoms with Crippen LogP contribution in [0.2, 0.25) is 0 Å². The van der Waals surface area contributed by atoms with Crippen molar-refractivity contribution in [3.63, 3.8) is 0 Å². The van der Waals surface area contributed by atoms with E-state index in [4.69, 9.17) is 5.73 Å². The van der Waals surface area contributed by atoms with E-state index in [9.17, 15) is 23.1 Å².